The lowest BCUT2D eigenvalue weighted by Gasteiger charge is -2.03. The van der Waals surface area contributed by atoms with Gasteiger partial charge in [-0.3, -0.25) is 9.78 Å². The summed E-state index contributed by atoms with van der Waals surface area (Å²) in [5.41, 5.74) is 1.70. The Morgan fingerprint density at radius 1 is 1.16 bits per heavy atom. The van der Waals surface area contributed by atoms with Crippen LogP contribution >= 0.6 is 11.3 Å². The molecule has 0 saturated heterocycles. The van der Waals surface area contributed by atoms with Crippen molar-refractivity contribution in [2.24, 2.45) is 4.40 Å². The monoisotopic (exact) mass is 468 g/mol. The van der Waals surface area contributed by atoms with Crippen molar-refractivity contribution in [2.75, 3.05) is 0 Å². The highest BCUT2D eigenvalue weighted by Crippen LogP contribution is 2.14. The van der Waals surface area contributed by atoms with Crippen LogP contribution in [-0.2, 0) is 23.1 Å². The van der Waals surface area contributed by atoms with Crippen LogP contribution in [-0.4, -0.2) is 23.9 Å². The van der Waals surface area contributed by atoms with Gasteiger partial charge >= 0.3 is 0 Å². The summed E-state index contributed by atoms with van der Waals surface area (Å²) in [6.07, 6.45) is 3.38. The number of carbonyl (C=O) groups excluding carboxylic acids is 1. The van der Waals surface area contributed by atoms with Crippen molar-refractivity contribution >= 4 is 27.3 Å². The number of carbonyl (C=O) groups is 1. The summed E-state index contributed by atoms with van der Waals surface area (Å²) < 4.78 is 36.6. The second-order valence-electron chi connectivity index (χ2n) is 6.96. The first-order chi connectivity index (χ1) is 15.4. The SMILES string of the molecule is Cc1ccc(S(=O)(=O)/N=c2\sccn2Cc2ccc(C(=O)NCc3ccccn3)o2)cc1. The molecule has 32 heavy (non-hydrogen) atoms. The highest BCUT2D eigenvalue weighted by Gasteiger charge is 2.15. The van der Waals surface area contributed by atoms with E-state index in [0.717, 1.165) is 11.3 Å². The Bertz CT molecular complexity index is 1390. The van der Waals surface area contributed by atoms with E-state index in [1.54, 1.807) is 52.7 Å². The molecule has 0 aliphatic rings. The van der Waals surface area contributed by atoms with Gasteiger partial charge in [0.25, 0.3) is 15.9 Å². The fourth-order valence-electron chi connectivity index (χ4n) is 2.87. The van der Waals surface area contributed by atoms with Crippen LogP contribution in [0.3, 0.4) is 0 Å². The van der Waals surface area contributed by atoms with Crippen molar-refractivity contribution in [1.82, 2.24) is 14.9 Å². The van der Waals surface area contributed by atoms with E-state index in [1.807, 2.05) is 19.1 Å². The molecule has 0 radical (unpaired) electrons. The fourth-order valence-corrected chi connectivity index (χ4v) is 4.82. The maximum Gasteiger partial charge on any atom is 0.287 e. The zero-order valence-corrected chi connectivity index (χ0v) is 18.8. The number of furan rings is 1. The van der Waals surface area contributed by atoms with Crippen molar-refractivity contribution in [3.8, 4) is 0 Å². The molecule has 1 amide bonds. The number of amides is 1. The van der Waals surface area contributed by atoms with Gasteiger partial charge in [-0.15, -0.1) is 15.7 Å². The zero-order chi connectivity index (χ0) is 22.6. The molecule has 8 nitrogen and oxygen atoms in total. The molecule has 0 unspecified atom stereocenters. The lowest BCUT2D eigenvalue weighted by atomic mass is 10.2. The van der Waals surface area contributed by atoms with E-state index < -0.39 is 10.0 Å². The van der Waals surface area contributed by atoms with Crippen LogP contribution < -0.4 is 10.1 Å². The summed E-state index contributed by atoms with van der Waals surface area (Å²) in [5.74, 6) is 0.308. The third-order valence-electron chi connectivity index (χ3n) is 4.54. The first-order valence-corrected chi connectivity index (χ1v) is 12.0. The molecule has 10 heteroatoms. The number of thiazole rings is 1. The molecule has 0 spiro atoms. The number of nitrogens with one attached hydrogen (secondary N) is 1. The van der Waals surface area contributed by atoms with Gasteiger partial charge in [-0.2, -0.15) is 8.42 Å². The van der Waals surface area contributed by atoms with Gasteiger partial charge in [-0.25, -0.2) is 0 Å². The van der Waals surface area contributed by atoms with Crippen LogP contribution in [0.1, 0.15) is 27.6 Å². The van der Waals surface area contributed by atoms with Crippen LogP contribution in [0.5, 0.6) is 0 Å². The number of rotatable bonds is 7. The molecule has 0 aliphatic carbocycles. The van der Waals surface area contributed by atoms with Crippen LogP contribution in [0, 0.1) is 6.92 Å². The molecule has 164 valence electrons. The number of nitrogens with zero attached hydrogens (tertiary/aromatic N) is 3. The van der Waals surface area contributed by atoms with Gasteiger partial charge in [0.1, 0.15) is 5.76 Å². The number of benzene rings is 1. The standard InChI is InChI=1S/C22H20N4O4S2/c1-16-5-8-19(9-6-16)32(28,29)25-22-26(12-13-31-22)15-18-7-10-20(30-18)21(27)24-14-17-4-2-3-11-23-17/h2-13H,14-15H2,1H3,(H,24,27)/b25-22-. The van der Waals surface area contributed by atoms with E-state index >= 15 is 0 Å². The van der Waals surface area contributed by atoms with Gasteiger partial charge in [0, 0.05) is 17.8 Å². The van der Waals surface area contributed by atoms with Crippen molar-refractivity contribution in [3.05, 3.63) is 100.0 Å². The van der Waals surface area contributed by atoms with E-state index in [0.29, 0.717) is 10.6 Å². The Labute approximate surface area is 189 Å². The van der Waals surface area contributed by atoms with Gasteiger partial charge in [-0.05, 0) is 43.3 Å². The topological polar surface area (TPSA) is 107 Å². The fraction of sp³-hybridized carbons (Fsp3) is 0.136. The molecule has 0 aliphatic heterocycles. The zero-order valence-electron chi connectivity index (χ0n) is 17.1. The maximum atomic E-state index is 12.6. The van der Waals surface area contributed by atoms with Gasteiger partial charge in [-0.1, -0.05) is 23.8 Å². The highest BCUT2D eigenvalue weighted by molar-refractivity contribution is 7.90. The summed E-state index contributed by atoms with van der Waals surface area (Å²) in [6, 6.07) is 15.3. The summed E-state index contributed by atoms with van der Waals surface area (Å²) >= 11 is 1.20. The number of sulfonamides is 1. The Hall–Kier alpha value is -3.50. The minimum Gasteiger partial charge on any atom is -0.454 e. The minimum atomic E-state index is -3.84. The molecule has 3 aromatic heterocycles. The third-order valence-corrected chi connectivity index (χ3v) is 6.74. The predicted molar refractivity (Wildman–Crippen MR) is 119 cm³/mol. The number of hydrogen-bond donors (Lipinski definition) is 1. The van der Waals surface area contributed by atoms with Crippen molar-refractivity contribution in [2.45, 2.75) is 24.9 Å². The first-order valence-electron chi connectivity index (χ1n) is 9.69. The summed E-state index contributed by atoms with van der Waals surface area (Å²) in [4.78, 5) is 16.9. The Kier molecular flexibility index (Phi) is 6.33. The largest absolute Gasteiger partial charge is 0.454 e. The van der Waals surface area contributed by atoms with E-state index in [2.05, 4.69) is 14.7 Å². The number of aromatic nitrogens is 2. The number of aryl methyl sites for hydroxylation is 1. The van der Waals surface area contributed by atoms with Crippen molar-refractivity contribution in [3.63, 3.8) is 0 Å². The second kappa shape index (κ2) is 9.33. The minimum absolute atomic E-state index is 0.132. The van der Waals surface area contributed by atoms with Crippen LogP contribution in [0.4, 0.5) is 0 Å². The quantitative estimate of drug-likeness (QED) is 0.449. The summed E-state index contributed by atoms with van der Waals surface area (Å²) in [5, 5.41) is 4.50. The average Bonchev–Trinajstić information content (AvgIpc) is 3.43. The lowest BCUT2D eigenvalue weighted by Crippen LogP contribution is -2.22. The second-order valence-corrected chi connectivity index (χ2v) is 9.44. The molecule has 3 heterocycles. The average molecular weight is 469 g/mol. The number of pyridine rings is 1. The van der Waals surface area contributed by atoms with Gasteiger partial charge in [0.05, 0.1) is 23.7 Å². The molecule has 4 aromatic rings. The summed E-state index contributed by atoms with van der Waals surface area (Å²) in [6.45, 7) is 2.41. The van der Waals surface area contributed by atoms with Gasteiger partial charge in [0.15, 0.2) is 5.76 Å². The third kappa shape index (κ3) is 5.21. The van der Waals surface area contributed by atoms with Gasteiger partial charge < -0.3 is 14.3 Å². The van der Waals surface area contributed by atoms with Crippen LogP contribution in [0.2, 0.25) is 0 Å². The van der Waals surface area contributed by atoms with E-state index in [1.165, 1.54) is 23.5 Å². The first kappa shape index (κ1) is 21.7. The Morgan fingerprint density at radius 2 is 1.97 bits per heavy atom. The van der Waals surface area contributed by atoms with E-state index in [4.69, 9.17) is 4.42 Å². The van der Waals surface area contributed by atoms with E-state index in [-0.39, 0.29) is 29.7 Å². The van der Waals surface area contributed by atoms with Crippen LogP contribution in [0.15, 0.2) is 86.1 Å². The predicted octanol–water partition coefficient (Wildman–Crippen LogP) is 3.11. The molecule has 0 atom stereocenters. The smallest absolute Gasteiger partial charge is 0.287 e. The molecular weight excluding hydrogens is 448 g/mol. The molecular formula is C22H20N4O4S2. The number of hydrogen-bond acceptors (Lipinski definition) is 6. The molecule has 1 N–H and O–H groups in total. The van der Waals surface area contributed by atoms with Crippen molar-refractivity contribution < 1.29 is 17.6 Å². The molecule has 0 bridgehead atoms. The molecule has 4 rings (SSSR count). The Morgan fingerprint density at radius 3 is 2.72 bits per heavy atom. The van der Waals surface area contributed by atoms with Gasteiger partial charge in [0.2, 0.25) is 4.80 Å². The molecule has 0 saturated carbocycles. The van der Waals surface area contributed by atoms with Crippen molar-refractivity contribution in [1.29, 1.82) is 0 Å². The van der Waals surface area contributed by atoms with E-state index in [9.17, 15) is 13.2 Å². The molecule has 0 fully saturated rings. The molecule has 1 aromatic carbocycles. The summed E-state index contributed by atoms with van der Waals surface area (Å²) in [7, 11) is -3.84. The maximum absolute atomic E-state index is 12.6. The lowest BCUT2D eigenvalue weighted by molar-refractivity contribution is 0.0920. The Balaban J connectivity index is 1.48. The highest BCUT2D eigenvalue weighted by atomic mass is 32.2. The van der Waals surface area contributed by atoms with Crippen LogP contribution in [0.25, 0.3) is 0 Å². The normalized spacial score (nSPS) is 12.1.